The molecule has 1 nitrogen and oxygen atoms in total. The van der Waals surface area contributed by atoms with E-state index < -0.39 is 7.92 Å². The zero-order valence-electron chi connectivity index (χ0n) is 15.4. The molecule has 0 radical (unpaired) electrons. The highest BCUT2D eigenvalue weighted by Gasteiger charge is 2.22. The normalized spacial score (nSPS) is 11.2. The molecule has 4 aromatic carbocycles. The molecule has 0 aliphatic carbocycles. The Hall–Kier alpha value is -3.15. The van der Waals surface area contributed by atoms with Gasteiger partial charge in [0.25, 0.3) is 0 Å². The van der Waals surface area contributed by atoms with Crippen molar-refractivity contribution in [1.29, 1.82) is 0 Å². The Bertz CT molecular complexity index is 1160. The van der Waals surface area contributed by atoms with Gasteiger partial charge in [-0.25, -0.2) is 0 Å². The highest BCUT2D eigenvalue weighted by Crippen LogP contribution is 2.36. The van der Waals surface area contributed by atoms with Gasteiger partial charge in [-0.3, -0.25) is 0 Å². The van der Waals surface area contributed by atoms with E-state index in [1.54, 1.807) is 0 Å². The van der Waals surface area contributed by atoms with E-state index in [2.05, 4.69) is 126 Å². The molecule has 0 fully saturated rings. The van der Waals surface area contributed by atoms with E-state index in [0.717, 1.165) is 0 Å². The fraction of sp³-hybridized carbons (Fsp3) is 0. The van der Waals surface area contributed by atoms with E-state index in [0.29, 0.717) is 0 Å². The summed E-state index contributed by atoms with van der Waals surface area (Å²) in [5.74, 6) is 0. The van der Waals surface area contributed by atoms with Gasteiger partial charge in [-0.05, 0) is 34.9 Å². The molecule has 28 heavy (non-hydrogen) atoms. The minimum Gasteiger partial charge on any atom is -0.309 e. The SMILES string of the molecule is c1ccc(-n2c(P(c3ccccc3)c3ccccc3)cc3ccccc32)cc1. The van der Waals surface area contributed by atoms with Crippen molar-refractivity contribution in [2.75, 3.05) is 0 Å². The van der Waals surface area contributed by atoms with Crippen molar-refractivity contribution in [2.24, 2.45) is 0 Å². The first-order valence-corrected chi connectivity index (χ1v) is 10.8. The zero-order chi connectivity index (χ0) is 18.8. The van der Waals surface area contributed by atoms with Crippen molar-refractivity contribution < 1.29 is 0 Å². The molecular weight excluding hydrogens is 357 g/mol. The maximum absolute atomic E-state index is 2.43. The molecule has 0 aliphatic rings. The lowest BCUT2D eigenvalue weighted by molar-refractivity contribution is 1.17. The molecule has 5 rings (SSSR count). The predicted molar refractivity (Wildman–Crippen MR) is 122 cm³/mol. The van der Waals surface area contributed by atoms with Gasteiger partial charge in [-0.15, -0.1) is 0 Å². The molecule has 0 bridgehead atoms. The molecule has 0 aliphatic heterocycles. The zero-order valence-corrected chi connectivity index (χ0v) is 16.3. The summed E-state index contributed by atoms with van der Waals surface area (Å²) < 4.78 is 2.43. The van der Waals surface area contributed by atoms with E-state index in [-0.39, 0.29) is 0 Å². The monoisotopic (exact) mass is 377 g/mol. The van der Waals surface area contributed by atoms with Crippen LogP contribution in [0.1, 0.15) is 0 Å². The minimum absolute atomic E-state index is 0.674. The van der Waals surface area contributed by atoms with Crippen LogP contribution in [0, 0.1) is 0 Å². The quantitative estimate of drug-likeness (QED) is 0.370. The van der Waals surface area contributed by atoms with E-state index in [1.165, 1.54) is 32.6 Å². The van der Waals surface area contributed by atoms with Crippen molar-refractivity contribution in [3.63, 3.8) is 0 Å². The Morgan fingerprint density at radius 3 is 1.61 bits per heavy atom. The molecule has 0 amide bonds. The highest BCUT2D eigenvalue weighted by molar-refractivity contribution is 7.79. The van der Waals surface area contributed by atoms with Crippen molar-refractivity contribution in [2.45, 2.75) is 0 Å². The van der Waals surface area contributed by atoms with Gasteiger partial charge in [-0.1, -0.05) is 97.1 Å². The second-order valence-electron chi connectivity index (χ2n) is 6.74. The van der Waals surface area contributed by atoms with E-state index in [9.17, 15) is 0 Å². The Labute approximate surface area is 166 Å². The summed E-state index contributed by atoms with van der Waals surface area (Å²) in [5.41, 5.74) is 3.81. The van der Waals surface area contributed by atoms with Crippen LogP contribution in [-0.4, -0.2) is 4.57 Å². The number of fused-ring (bicyclic) bond motifs is 1. The lowest BCUT2D eigenvalue weighted by atomic mass is 10.2. The van der Waals surface area contributed by atoms with Gasteiger partial charge >= 0.3 is 0 Å². The van der Waals surface area contributed by atoms with E-state index in [1.807, 2.05) is 0 Å². The van der Waals surface area contributed by atoms with Crippen LogP contribution in [0.2, 0.25) is 0 Å². The summed E-state index contributed by atoms with van der Waals surface area (Å²) in [7, 11) is -0.674. The first-order chi connectivity index (χ1) is 13.9. The average molecular weight is 377 g/mol. The smallest absolute Gasteiger partial charge is 0.0561 e. The van der Waals surface area contributed by atoms with Crippen LogP contribution < -0.4 is 16.0 Å². The number of nitrogens with zero attached hydrogens (tertiary/aromatic N) is 1. The molecule has 1 heterocycles. The van der Waals surface area contributed by atoms with Crippen LogP contribution in [0.5, 0.6) is 0 Å². The third kappa shape index (κ3) is 3.05. The topological polar surface area (TPSA) is 4.93 Å². The van der Waals surface area contributed by atoms with E-state index in [4.69, 9.17) is 0 Å². The third-order valence-electron chi connectivity index (χ3n) is 4.96. The fourth-order valence-corrected chi connectivity index (χ4v) is 6.18. The lowest BCUT2D eigenvalue weighted by Crippen LogP contribution is -2.25. The van der Waals surface area contributed by atoms with Crippen LogP contribution in [-0.2, 0) is 0 Å². The van der Waals surface area contributed by atoms with Crippen molar-refractivity contribution >= 4 is 34.9 Å². The molecule has 0 saturated heterocycles. The van der Waals surface area contributed by atoms with Crippen molar-refractivity contribution in [3.05, 3.63) is 121 Å². The van der Waals surface area contributed by atoms with Crippen LogP contribution >= 0.6 is 7.92 Å². The molecule has 0 saturated carbocycles. The summed E-state index contributed by atoms with van der Waals surface area (Å²) in [4.78, 5) is 0. The second kappa shape index (κ2) is 7.46. The third-order valence-corrected chi connectivity index (χ3v) is 7.38. The molecule has 2 heteroatoms. The lowest BCUT2D eigenvalue weighted by Gasteiger charge is -2.21. The number of aromatic nitrogens is 1. The van der Waals surface area contributed by atoms with Crippen LogP contribution in [0.3, 0.4) is 0 Å². The minimum atomic E-state index is -0.674. The maximum atomic E-state index is 2.43. The first-order valence-electron chi connectivity index (χ1n) is 9.48. The molecule has 5 aromatic rings. The Morgan fingerprint density at radius 2 is 1.00 bits per heavy atom. The second-order valence-corrected chi connectivity index (χ2v) is 8.90. The van der Waals surface area contributed by atoms with Crippen LogP contribution in [0.15, 0.2) is 121 Å². The Kier molecular flexibility index (Phi) is 4.53. The largest absolute Gasteiger partial charge is 0.309 e. The summed E-state index contributed by atoms with van der Waals surface area (Å²) >= 11 is 0. The summed E-state index contributed by atoms with van der Waals surface area (Å²) in [6, 6.07) is 43.5. The van der Waals surface area contributed by atoms with Gasteiger partial charge in [0.15, 0.2) is 0 Å². The predicted octanol–water partition coefficient (Wildman–Crippen LogP) is 5.39. The van der Waals surface area contributed by atoms with Gasteiger partial charge < -0.3 is 4.57 Å². The standard InChI is InChI=1S/C26H20NP/c1-4-13-22(14-5-1)27-25-19-11-10-12-21(25)20-26(27)28(23-15-6-2-7-16-23)24-17-8-3-9-18-24/h1-20H. The summed E-state index contributed by atoms with van der Waals surface area (Å²) in [5, 5.41) is 4.01. The van der Waals surface area contributed by atoms with Gasteiger partial charge in [-0.2, -0.15) is 0 Å². The first kappa shape index (κ1) is 17.0. The van der Waals surface area contributed by atoms with Gasteiger partial charge in [0.05, 0.1) is 11.0 Å². The summed E-state index contributed by atoms with van der Waals surface area (Å²) in [6.45, 7) is 0. The van der Waals surface area contributed by atoms with Crippen molar-refractivity contribution in [1.82, 2.24) is 4.57 Å². The molecule has 0 atom stereocenters. The van der Waals surface area contributed by atoms with Gasteiger partial charge in [0.1, 0.15) is 0 Å². The van der Waals surface area contributed by atoms with Gasteiger partial charge in [0, 0.05) is 19.0 Å². The van der Waals surface area contributed by atoms with Crippen LogP contribution in [0.4, 0.5) is 0 Å². The molecular formula is C26H20NP. The molecule has 0 spiro atoms. The Balaban J connectivity index is 1.83. The number of hydrogen-bond donors (Lipinski definition) is 0. The number of benzene rings is 4. The van der Waals surface area contributed by atoms with Crippen LogP contribution in [0.25, 0.3) is 16.6 Å². The molecule has 0 N–H and O–H groups in total. The average Bonchev–Trinajstić information content (AvgIpc) is 3.15. The number of hydrogen-bond acceptors (Lipinski definition) is 0. The number of rotatable bonds is 4. The molecule has 0 unspecified atom stereocenters. The fourth-order valence-electron chi connectivity index (χ4n) is 3.72. The number of para-hydroxylation sites is 2. The Morgan fingerprint density at radius 1 is 0.500 bits per heavy atom. The molecule has 1 aromatic heterocycles. The van der Waals surface area contributed by atoms with Crippen molar-refractivity contribution in [3.8, 4) is 5.69 Å². The molecule has 134 valence electrons. The van der Waals surface area contributed by atoms with Gasteiger partial charge in [0.2, 0.25) is 0 Å². The summed E-state index contributed by atoms with van der Waals surface area (Å²) in [6.07, 6.45) is 0. The van der Waals surface area contributed by atoms with E-state index >= 15 is 0 Å². The maximum Gasteiger partial charge on any atom is 0.0561 e. The highest BCUT2D eigenvalue weighted by atomic mass is 31.1.